The van der Waals surface area contributed by atoms with E-state index in [9.17, 15) is 14.4 Å². The molecule has 0 heterocycles. The van der Waals surface area contributed by atoms with Crippen LogP contribution in [0, 0.1) is 5.92 Å². The Morgan fingerprint density at radius 1 is 0.967 bits per heavy atom. The number of carbonyl (C=O) groups is 3. The molecular weight excluding hydrogens is 386 g/mol. The lowest BCUT2D eigenvalue weighted by Crippen LogP contribution is -2.55. The molecule has 1 amide bonds. The highest BCUT2D eigenvalue weighted by atomic mass is 16.5. The summed E-state index contributed by atoms with van der Waals surface area (Å²) in [4.78, 5) is 34.4. The molecule has 0 aliphatic rings. The highest BCUT2D eigenvalue weighted by Crippen LogP contribution is 2.20. The molecule has 0 saturated heterocycles. The van der Waals surface area contributed by atoms with Gasteiger partial charge in [-0.15, -0.1) is 0 Å². The molecular formula is C23H35NO6. The van der Waals surface area contributed by atoms with Gasteiger partial charge in [-0.2, -0.15) is 0 Å². The molecule has 0 bridgehead atoms. The van der Waals surface area contributed by atoms with E-state index in [0.717, 1.165) is 24.2 Å². The molecule has 168 valence electrons. The van der Waals surface area contributed by atoms with E-state index in [2.05, 4.69) is 19.2 Å². The largest absolute Gasteiger partial charge is 0.494 e. The van der Waals surface area contributed by atoms with E-state index in [1.165, 1.54) is 20.8 Å². The van der Waals surface area contributed by atoms with Crippen LogP contribution in [-0.2, 0) is 30.3 Å². The second kappa shape index (κ2) is 12.9. The molecule has 0 aliphatic heterocycles. The quantitative estimate of drug-likeness (QED) is 0.388. The van der Waals surface area contributed by atoms with Crippen molar-refractivity contribution in [3.05, 3.63) is 29.8 Å². The van der Waals surface area contributed by atoms with Crippen molar-refractivity contribution in [2.24, 2.45) is 5.92 Å². The second-order valence-electron chi connectivity index (χ2n) is 8.05. The molecule has 7 nitrogen and oxygen atoms in total. The Morgan fingerprint density at radius 2 is 1.53 bits per heavy atom. The minimum absolute atomic E-state index is 0.0771. The van der Waals surface area contributed by atoms with Crippen molar-refractivity contribution in [2.75, 3.05) is 19.8 Å². The zero-order valence-corrected chi connectivity index (χ0v) is 18.8. The fraction of sp³-hybridized carbons (Fsp3) is 0.609. The summed E-state index contributed by atoms with van der Waals surface area (Å²) in [7, 11) is 0. The molecule has 0 fully saturated rings. The number of ether oxygens (including phenoxy) is 3. The number of aryl methyl sites for hydroxylation is 1. The van der Waals surface area contributed by atoms with E-state index in [0.29, 0.717) is 25.4 Å². The molecule has 1 aromatic carbocycles. The summed E-state index contributed by atoms with van der Waals surface area (Å²) in [5.74, 6) is 0.256. The van der Waals surface area contributed by atoms with Crippen LogP contribution in [0.3, 0.4) is 0 Å². The minimum Gasteiger partial charge on any atom is -0.494 e. The Hall–Kier alpha value is -2.57. The highest BCUT2D eigenvalue weighted by Gasteiger charge is 2.34. The van der Waals surface area contributed by atoms with Crippen molar-refractivity contribution in [3.8, 4) is 5.75 Å². The van der Waals surface area contributed by atoms with Crippen LogP contribution in [0.25, 0.3) is 0 Å². The SMILES string of the molecule is CC(=O)NC(CCc1ccc(OCCCC(C)C)cc1)(COC(C)=O)COC(C)=O. The van der Waals surface area contributed by atoms with Gasteiger partial charge in [-0.3, -0.25) is 14.4 Å². The van der Waals surface area contributed by atoms with Crippen molar-refractivity contribution >= 4 is 17.8 Å². The monoisotopic (exact) mass is 421 g/mol. The molecule has 0 unspecified atom stereocenters. The van der Waals surface area contributed by atoms with Crippen LogP contribution in [-0.4, -0.2) is 43.2 Å². The average Bonchev–Trinajstić information content (AvgIpc) is 2.66. The predicted octanol–water partition coefficient (Wildman–Crippen LogP) is 3.44. The summed E-state index contributed by atoms with van der Waals surface area (Å²) in [6.45, 7) is 8.89. The first-order chi connectivity index (χ1) is 14.1. The Morgan fingerprint density at radius 3 is 2.00 bits per heavy atom. The topological polar surface area (TPSA) is 90.9 Å². The molecule has 1 rings (SSSR count). The van der Waals surface area contributed by atoms with Crippen LogP contribution in [0.4, 0.5) is 0 Å². The van der Waals surface area contributed by atoms with E-state index in [1.807, 2.05) is 24.3 Å². The molecule has 0 aromatic heterocycles. The lowest BCUT2D eigenvalue weighted by atomic mass is 9.92. The van der Waals surface area contributed by atoms with Crippen molar-refractivity contribution in [1.29, 1.82) is 0 Å². The van der Waals surface area contributed by atoms with E-state index < -0.39 is 17.5 Å². The average molecular weight is 422 g/mol. The first-order valence-corrected chi connectivity index (χ1v) is 10.4. The molecule has 0 saturated carbocycles. The fourth-order valence-electron chi connectivity index (χ4n) is 2.99. The van der Waals surface area contributed by atoms with Gasteiger partial charge in [0.2, 0.25) is 5.91 Å². The summed E-state index contributed by atoms with van der Waals surface area (Å²) in [6.07, 6.45) is 3.18. The van der Waals surface area contributed by atoms with Gasteiger partial charge in [-0.05, 0) is 49.3 Å². The van der Waals surface area contributed by atoms with E-state index in [1.54, 1.807) is 0 Å². The molecule has 0 radical (unpaired) electrons. The number of nitrogens with one attached hydrogen (secondary N) is 1. The molecule has 30 heavy (non-hydrogen) atoms. The standard InChI is InChI=1S/C23H35NO6/c1-17(2)7-6-14-28-22-10-8-21(9-11-22)12-13-23(24-18(3)25,15-29-19(4)26)16-30-20(5)27/h8-11,17H,6-7,12-16H2,1-5H3,(H,24,25). The minimum atomic E-state index is -0.991. The van der Waals surface area contributed by atoms with E-state index >= 15 is 0 Å². The van der Waals surface area contributed by atoms with Gasteiger partial charge in [0.05, 0.1) is 6.61 Å². The number of esters is 2. The van der Waals surface area contributed by atoms with Gasteiger partial charge in [-0.25, -0.2) is 0 Å². The van der Waals surface area contributed by atoms with Crippen LogP contribution in [0.15, 0.2) is 24.3 Å². The number of carbonyl (C=O) groups excluding carboxylic acids is 3. The Kier molecular flexibility index (Phi) is 10.9. The summed E-state index contributed by atoms with van der Waals surface area (Å²) in [5, 5.41) is 2.81. The second-order valence-corrected chi connectivity index (χ2v) is 8.05. The van der Waals surface area contributed by atoms with Crippen LogP contribution >= 0.6 is 0 Å². The number of hydrogen-bond donors (Lipinski definition) is 1. The van der Waals surface area contributed by atoms with Crippen LogP contribution in [0.1, 0.15) is 59.4 Å². The van der Waals surface area contributed by atoms with Crippen LogP contribution in [0.5, 0.6) is 5.75 Å². The van der Waals surface area contributed by atoms with Crippen LogP contribution < -0.4 is 10.1 Å². The maximum Gasteiger partial charge on any atom is 0.302 e. The third kappa shape index (κ3) is 10.8. The zero-order valence-electron chi connectivity index (χ0n) is 18.8. The van der Waals surface area contributed by atoms with Gasteiger partial charge in [0.25, 0.3) is 0 Å². The van der Waals surface area contributed by atoms with E-state index in [-0.39, 0.29) is 19.1 Å². The number of hydrogen-bond acceptors (Lipinski definition) is 6. The summed E-state index contributed by atoms with van der Waals surface area (Å²) in [6, 6.07) is 7.77. The fourth-order valence-corrected chi connectivity index (χ4v) is 2.99. The number of amides is 1. The molecule has 0 aliphatic carbocycles. The van der Waals surface area contributed by atoms with Gasteiger partial charge in [-0.1, -0.05) is 26.0 Å². The number of rotatable bonds is 13. The van der Waals surface area contributed by atoms with Gasteiger partial charge < -0.3 is 19.5 Å². The summed E-state index contributed by atoms with van der Waals surface area (Å²) >= 11 is 0. The van der Waals surface area contributed by atoms with Gasteiger partial charge >= 0.3 is 11.9 Å². The number of benzene rings is 1. The first kappa shape index (κ1) is 25.5. The molecule has 1 aromatic rings. The van der Waals surface area contributed by atoms with Gasteiger partial charge in [0, 0.05) is 20.8 Å². The van der Waals surface area contributed by atoms with Crippen molar-refractivity contribution < 1.29 is 28.6 Å². The smallest absolute Gasteiger partial charge is 0.302 e. The predicted molar refractivity (Wildman–Crippen MR) is 114 cm³/mol. The Labute approximate surface area is 179 Å². The summed E-state index contributed by atoms with van der Waals surface area (Å²) < 4.78 is 16.1. The molecule has 0 atom stereocenters. The third-order valence-electron chi connectivity index (χ3n) is 4.55. The third-order valence-corrected chi connectivity index (χ3v) is 4.55. The molecule has 7 heteroatoms. The lowest BCUT2D eigenvalue weighted by Gasteiger charge is -2.33. The molecule has 1 N–H and O–H groups in total. The zero-order chi connectivity index (χ0) is 22.6. The van der Waals surface area contributed by atoms with Crippen molar-refractivity contribution in [1.82, 2.24) is 5.32 Å². The highest BCUT2D eigenvalue weighted by molar-refractivity contribution is 5.74. The summed E-state index contributed by atoms with van der Waals surface area (Å²) in [5.41, 5.74) is 0.0414. The molecule has 0 spiro atoms. The Bertz CT molecular complexity index is 665. The van der Waals surface area contributed by atoms with Crippen LogP contribution in [0.2, 0.25) is 0 Å². The van der Waals surface area contributed by atoms with Crippen molar-refractivity contribution in [2.45, 2.75) is 65.8 Å². The maximum absolute atomic E-state index is 11.8. The van der Waals surface area contributed by atoms with Gasteiger partial charge in [0.1, 0.15) is 24.5 Å². The maximum atomic E-state index is 11.8. The van der Waals surface area contributed by atoms with Gasteiger partial charge in [0.15, 0.2) is 0 Å². The van der Waals surface area contributed by atoms with Crippen molar-refractivity contribution in [3.63, 3.8) is 0 Å². The Balaban J connectivity index is 2.76. The first-order valence-electron chi connectivity index (χ1n) is 10.4. The normalized spacial score (nSPS) is 11.1. The lowest BCUT2D eigenvalue weighted by molar-refractivity contribution is -0.150. The van der Waals surface area contributed by atoms with E-state index in [4.69, 9.17) is 14.2 Å².